The Balaban J connectivity index is 2.34. The largest absolute Gasteiger partial charge is 0.494 e. The van der Waals surface area contributed by atoms with E-state index in [-0.39, 0.29) is 12.0 Å². The second-order valence-corrected chi connectivity index (χ2v) is 3.92. The molecule has 0 N–H and O–H groups in total. The Kier molecular flexibility index (Phi) is 3.92. The van der Waals surface area contributed by atoms with Crippen molar-refractivity contribution >= 4 is 0 Å². The van der Waals surface area contributed by atoms with Crippen molar-refractivity contribution in [3.05, 3.63) is 65.2 Å². The van der Waals surface area contributed by atoms with Crippen molar-refractivity contribution in [3.63, 3.8) is 0 Å². The van der Waals surface area contributed by atoms with E-state index in [4.69, 9.17) is 4.74 Å². The van der Waals surface area contributed by atoms with Gasteiger partial charge in [0, 0.05) is 12.0 Å². The molecule has 1 nitrogen and oxygen atoms in total. The molecule has 0 bridgehead atoms. The van der Waals surface area contributed by atoms with Crippen LogP contribution in [0.2, 0.25) is 0 Å². The minimum atomic E-state index is -0.527. The topological polar surface area (TPSA) is 9.23 Å². The Morgan fingerprint density at radius 3 is 2.28 bits per heavy atom. The summed E-state index contributed by atoms with van der Waals surface area (Å²) in [4.78, 5) is 0. The van der Waals surface area contributed by atoms with E-state index < -0.39 is 11.6 Å². The fraction of sp³-hybridized carbons (Fsp3) is 0.200. The second-order valence-electron chi connectivity index (χ2n) is 3.92. The molecule has 0 aromatic heterocycles. The summed E-state index contributed by atoms with van der Waals surface area (Å²) in [6, 6.07) is 11.2. The lowest BCUT2D eigenvalue weighted by Gasteiger charge is -2.10. The maximum absolute atomic E-state index is 13.6. The lowest BCUT2D eigenvalue weighted by molar-refractivity contribution is 0.337. The molecule has 2 rings (SSSR count). The Bertz CT molecular complexity index is 518. The first-order valence-electron chi connectivity index (χ1n) is 5.86. The fourth-order valence-corrected chi connectivity index (χ4v) is 1.84. The Morgan fingerprint density at radius 2 is 1.61 bits per heavy atom. The van der Waals surface area contributed by atoms with Gasteiger partial charge in [0.15, 0.2) is 0 Å². The molecular formula is C15H14F2O. The van der Waals surface area contributed by atoms with Gasteiger partial charge >= 0.3 is 0 Å². The predicted molar refractivity (Wildman–Crippen MR) is 66.8 cm³/mol. The zero-order valence-corrected chi connectivity index (χ0v) is 10.1. The first-order chi connectivity index (χ1) is 8.72. The van der Waals surface area contributed by atoms with Crippen LogP contribution in [-0.2, 0) is 6.42 Å². The normalized spacial score (nSPS) is 10.4. The maximum atomic E-state index is 13.6. The average molecular weight is 248 g/mol. The Morgan fingerprint density at radius 1 is 0.944 bits per heavy atom. The highest BCUT2D eigenvalue weighted by Crippen LogP contribution is 2.24. The van der Waals surface area contributed by atoms with Crippen molar-refractivity contribution in [2.75, 3.05) is 6.61 Å². The second kappa shape index (κ2) is 5.63. The van der Waals surface area contributed by atoms with Crippen molar-refractivity contribution in [1.82, 2.24) is 0 Å². The molecule has 0 fully saturated rings. The Labute approximate surface area is 105 Å². The van der Waals surface area contributed by atoms with Crippen LogP contribution in [0, 0.1) is 11.6 Å². The number of halogens is 2. The van der Waals surface area contributed by atoms with E-state index in [0.29, 0.717) is 12.4 Å². The summed E-state index contributed by atoms with van der Waals surface area (Å²) in [5.74, 6) is -0.384. The highest BCUT2D eigenvalue weighted by Gasteiger charge is 2.11. The molecule has 2 aromatic carbocycles. The number of benzene rings is 2. The zero-order valence-electron chi connectivity index (χ0n) is 10.1. The number of hydrogen-bond acceptors (Lipinski definition) is 1. The molecular weight excluding hydrogens is 234 g/mol. The van der Waals surface area contributed by atoms with Crippen molar-refractivity contribution in [3.8, 4) is 5.75 Å². The van der Waals surface area contributed by atoms with Gasteiger partial charge in [-0.15, -0.1) is 0 Å². The van der Waals surface area contributed by atoms with E-state index in [1.807, 2.05) is 25.1 Å². The van der Waals surface area contributed by atoms with Crippen LogP contribution in [0.5, 0.6) is 5.75 Å². The molecule has 0 heterocycles. The van der Waals surface area contributed by atoms with E-state index in [0.717, 1.165) is 5.56 Å². The minimum Gasteiger partial charge on any atom is -0.494 e. The molecule has 0 aliphatic heterocycles. The molecule has 0 radical (unpaired) electrons. The molecule has 0 aliphatic carbocycles. The van der Waals surface area contributed by atoms with Crippen LogP contribution in [0.1, 0.15) is 18.1 Å². The van der Waals surface area contributed by atoms with Crippen LogP contribution in [0.3, 0.4) is 0 Å². The SMILES string of the molecule is CCOc1ccccc1Cc1c(F)cccc1F. The lowest BCUT2D eigenvalue weighted by Crippen LogP contribution is -2.01. The first kappa shape index (κ1) is 12.6. The van der Waals surface area contributed by atoms with Crippen LogP contribution in [0.25, 0.3) is 0 Å². The number of hydrogen-bond donors (Lipinski definition) is 0. The summed E-state index contributed by atoms with van der Waals surface area (Å²) in [5, 5.41) is 0. The maximum Gasteiger partial charge on any atom is 0.129 e. The standard InChI is InChI=1S/C15H14F2O/c1-2-18-15-9-4-3-6-11(15)10-12-13(16)7-5-8-14(12)17/h3-9H,2,10H2,1H3. The van der Waals surface area contributed by atoms with Crippen LogP contribution in [0.15, 0.2) is 42.5 Å². The number of para-hydroxylation sites is 1. The Hall–Kier alpha value is -1.90. The van der Waals surface area contributed by atoms with Crippen molar-refractivity contribution in [1.29, 1.82) is 0 Å². The summed E-state index contributed by atoms with van der Waals surface area (Å²) in [6.45, 7) is 2.40. The van der Waals surface area contributed by atoms with Gasteiger partial charge in [0.2, 0.25) is 0 Å². The number of ether oxygens (including phenoxy) is 1. The predicted octanol–water partition coefficient (Wildman–Crippen LogP) is 3.95. The van der Waals surface area contributed by atoms with Gasteiger partial charge in [-0.05, 0) is 30.7 Å². The molecule has 94 valence electrons. The van der Waals surface area contributed by atoms with Gasteiger partial charge in [-0.3, -0.25) is 0 Å². The molecule has 3 heteroatoms. The molecule has 0 saturated heterocycles. The van der Waals surface area contributed by atoms with Crippen LogP contribution in [0.4, 0.5) is 8.78 Å². The monoisotopic (exact) mass is 248 g/mol. The summed E-state index contributed by atoms with van der Waals surface area (Å²) >= 11 is 0. The summed E-state index contributed by atoms with van der Waals surface area (Å²) in [5.41, 5.74) is 0.855. The van der Waals surface area contributed by atoms with E-state index in [1.165, 1.54) is 18.2 Å². The highest BCUT2D eigenvalue weighted by molar-refractivity contribution is 5.38. The molecule has 0 spiro atoms. The van der Waals surface area contributed by atoms with Gasteiger partial charge < -0.3 is 4.74 Å². The molecule has 2 aromatic rings. The summed E-state index contributed by atoms with van der Waals surface area (Å²) < 4.78 is 32.6. The number of rotatable bonds is 4. The van der Waals surface area contributed by atoms with Gasteiger partial charge in [-0.25, -0.2) is 8.78 Å². The molecule has 0 atom stereocenters. The fourth-order valence-electron chi connectivity index (χ4n) is 1.84. The van der Waals surface area contributed by atoms with E-state index in [1.54, 1.807) is 6.07 Å². The van der Waals surface area contributed by atoms with Crippen LogP contribution >= 0.6 is 0 Å². The van der Waals surface area contributed by atoms with Gasteiger partial charge in [0.25, 0.3) is 0 Å². The van der Waals surface area contributed by atoms with Crippen molar-refractivity contribution in [2.24, 2.45) is 0 Å². The van der Waals surface area contributed by atoms with Gasteiger partial charge in [-0.1, -0.05) is 24.3 Å². The molecule has 0 saturated carbocycles. The third-order valence-electron chi connectivity index (χ3n) is 2.70. The van der Waals surface area contributed by atoms with Gasteiger partial charge in [0.05, 0.1) is 6.61 Å². The molecule has 18 heavy (non-hydrogen) atoms. The lowest BCUT2D eigenvalue weighted by atomic mass is 10.0. The van der Waals surface area contributed by atoms with Gasteiger partial charge in [-0.2, -0.15) is 0 Å². The summed E-state index contributed by atoms with van der Waals surface area (Å²) in [7, 11) is 0. The molecule has 0 aliphatic rings. The average Bonchev–Trinajstić information content (AvgIpc) is 2.36. The summed E-state index contributed by atoms with van der Waals surface area (Å²) in [6.07, 6.45) is 0.189. The third-order valence-corrected chi connectivity index (χ3v) is 2.70. The van der Waals surface area contributed by atoms with Crippen molar-refractivity contribution < 1.29 is 13.5 Å². The van der Waals surface area contributed by atoms with E-state index in [2.05, 4.69) is 0 Å². The van der Waals surface area contributed by atoms with E-state index in [9.17, 15) is 8.78 Å². The minimum absolute atomic E-state index is 0.0738. The molecule has 0 unspecified atom stereocenters. The third kappa shape index (κ3) is 2.67. The first-order valence-corrected chi connectivity index (χ1v) is 5.86. The van der Waals surface area contributed by atoms with Gasteiger partial charge in [0.1, 0.15) is 17.4 Å². The zero-order chi connectivity index (χ0) is 13.0. The van der Waals surface area contributed by atoms with Crippen LogP contribution in [-0.4, -0.2) is 6.61 Å². The quantitative estimate of drug-likeness (QED) is 0.796. The van der Waals surface area contributed by atoms with Crippen LogP contribution < -0.4 is 4.74 Å². The van der Waals surface area contributed by atoms with E-state index >= 15 is 0 Å². The van der Waals surface area contributed by atoms with Crippen molar-refractivity contribution in [2.45, 2.75) is 13.3 Å². The highest BCUT2D eigenvalue weighted by atomic mass is 19.1. The molecule has 0 amide bonds. The smallest absolute Gasteiger partial charge is 0.129 e.